The molecule has 0 unspecified atom stereocenters. The molecular formula is C15H16F2N4O2. The molecule has 0 bridgehead atoms. The first-order chi connectivity index (χ1) is 10.9. The average Bonchev–Trinajstić information content (AvgIpc) is 2.93. The van der Waals surface area contributed by atoms with Crippen LogP contribution in [0.1, 0.15) is 19.7 Å². The number of halogens is 2. The lowest BCUT2D eigenvalue weighted by Gasteiger charge is -2.40. The highest BCUT2D eigenvalue weighted by Crippen LogP contribution is 2.24. The van der Waals surface area contributed by atoms with Gasteiger partial charge in [-0.2, -0.15) is 4.98 Å². The Bertz CT molecular complexity index is 745. The van der Waals surface area contributed by atoms with Crippen molar-refractivity contribution in [1.82, 2.24) is 20.4 Å². The summed E-state index contributed by atoms with van der Waals surface area (Å²) in [5.74, 6) is -1.19. The molecule has 3 rings (SSSR count). The fraction of sp³-hybridized carbons (Fsp3) is 0.400. The van der Waals surface area contributed by atoms with Gasteiger partial charge in [0.05, 0.1) is 17.6 Å². The van der Waals surface area contributed by atoms with Crippen LogP contribution in [0.5, 0.6) is 0 Å². The maximum atomic E-state index is 13.7. The third kappa shape index (κ3) is 2.94. The fourth-order valence-corrected chi connectivity index (χ4v) is 2.48. The van der Waals surface area contributed by atoms with Crippen molar-refractivity contribution < 1.29 is 18.1 Å². The molecule has 1 N–H and O–H groups in total. The number of amides is 1. The van der Waals surface area contributed by atoms with Gasteiger partial charge in [-0.3, -0.25) is 9.69 Å². The van der Waals surface area contributed by atoms with Gasteiger partial charge in [0.25, 0.3) is 5.89 Å². The molecule has 1 amide bonds. The summed E-state index contributed by atoms with van der Waals surface area (Å²) < 4.78 is 31.8. The monoisotopic (exact) mass is 322 g/mol. The van der Waals surface area contributed by atoms with Crippen LogP contribution in [0.3, 0.4) is 0 Å². The second kappa shape index (κ2) is 5.69. The van der Waals surface area contributed by atoms with Gasteiger partial charge in [0.2, 0.25) is 5.91 Å². The van der Waals surface area contributed by atoms with Gasteiger partial charge in [0.1, 0.15) is 11.6 Å². The highest BCUT2D eigenvalue weighted by atomic mass is 19.1. The van der Waals surface area contributed by atoms with Crippen LogP contribution >= 0.6 is 0 Å². The van der Waals surface area contributed by atoms with E-state index in [1.807, 2.05) is 18.7 Å². The van der Waals surface area contributed by atoms with Crippen LogP contribution in [0.15, 0.2) is 22.7 Å². The molecule has 8 heteroatoms. The highest BCUT2D eigenvalue weighted by Gasteiger charge is 2.38. The van der Waals surface area contributed by atoms with Gasteiger partial charge in [-0.15, -0.1) is 0 Å². The Labute approximate surface area is 131 Å². The minimum Gasteiger partial charge on any atom is -0.353 e. The predicted octanol–water partition coefficient (Wildman–Crippen LogP) is 1.73. The maximum absolute atomic E-state index is 13.7. The van der Waals surface area contributed by atoms with E-state index in [0.29, 0.717) is 25.5 Å². The summed E-state index contributed by atoms with van der Waals surface area (Å²) in [6.07, 6.45) is 0. The van der Waals surface area contributed by atoms with Crippen molar-refractivity contribution in [2.75, 3.05) is 13.1 Å². The largest absolute Gasteiger partial charge is 0.353 e. The first-order valence-corrected chi connectivity index (χ1v) is 7.19. The van der Waals surface area contributed by atoms with Gasteiger partial charge in [-0.05, 0) is 26.0 Å². The van der Waals surface area contributed by atoms with Crippen LogP contribution < -0.4 is 5.32 Å². The molecule has 0 aliphatic carbocycles. The molecule has 1 aromatic heterocycles. The van der Waals surface area contributed by atoms with E-state index in [0.717, 1.165) is 12.1 Å². The third-order valence-electron chi connectivity index (χ3n) is 3.98. The number of piperazine rings is 1. The Kier molecular flexibility index (Phi) is 3.85. The van der Waals surface area contributed by atoms with Crippen molar-refractivity contribution in [3.05, 3.63) is 35.7 Å². The number of nitrogens with zero attached hydrogens (tertiary/aromatic N) is 3. The van der Waals surface area contributed by atoms with Crippen LogP contribution in [0.2, 0.25) is 0 Å². The molecule has 2 heterocycles. The van der Waals surface area contributed by atoms with Gasteiger partial charge >= 0.3 is 0 Å². The SMILES string of the molecule is CC1(C)C(=O)NCCN1Cc1noc(-c2ccc(F)cc2F)n1. The molecule has 122 valence electrons. The number of hydrogen-bond donors (Lipinski definition) is 1. The Morgan fingerprint density at radius 3 is 2.91 bits per heavy atom. The molecule has 1 aliphatic rings. The lowest BCUT2D eigenvalue weighted by molar-refractivity contribution is -0.135. The summed E-state index contributed by atoms with van der Waals surface area (Å²) in [7, 11) is 0. The summed E-state index contributed by atoms with van der Waals surface area (Å²) in [5, 5.41) is 6.62. The summed E-state index contributed by atoms with van der Waals surface area (Å²) in [5.41, 5.74) is -0.652. The molecule has 6 nitrogen and oxygen atoms in total. The molecule has 1 saturated heterocycles. The first kappa shape index (κ1) is 15.5. The second-order valence-electron chi connectivity index (χ2n) is 5.88. The summed E-state index contributed by atoms with van der Waals surface area (Å²) >= 11 is 0. The number of carbonyl (C=O) groups excluding carboxylic acids is 1. The minimum atomic E-state index is -0.766. The van der Waals surface area contributed by atoms with Gasteiger partial charge in [0, 0.05) is 19.2 Å². The average molecular weight is 322 g/mol. The van der Waals surface area contributed by atoms with E-state index in [2.05, 4.69) is 15.5 Å². The Hall–Kier alpha value is -2.35. The predicted molar refractivity (Wildman–Crippen MR) is 77.1 cm³/mol. The molecule has 2 aromatic rings. The van der Waals surface area contributed by atoms with Crippen LogP contribution in [0.4, 0.5) is 8.78 Å². The number of rotatable bonds is 3. The zero-order chi connectivity index (χ0) is 16.6. The Morgan fingerprint density at radius 1 is 1.39 bits per heavy atom. The van der Waals surface area contributed by atoms with Crippen LogP contribution in [-0.2, 0) is 11.3 Å². The third-order valence-corrected chi connectivity index (χ3v) is 3.98. The van der Waals surface area contributed by atoms with Crippen molar-refractivity contribution in [3.63, 3.8) is 0 Å². The Balaban J connectivity index is 1.81. The van der Waals surface area contributed by atoms with E-state index in [9.17, 15) is 13.6 Å². The maximum Gasteiger partial charge on any atom is 0.260 e. The van der Waals surface area contributed by atoms with Crippen molar-refractivity contribution >= 4 is 5.91 Å². The number of nitrogens with one attached hydrogen (secondary N) is 1. The molecule has 1 aromatic carbocycles. The summed E-state index contributed by atoms with van der Waals surface area (Å²) in [4.78, 5) is 18.0. The molecular weight excluding hydrogens is 306 g/mol. The van der Waals surface area contributed by atoms with Crippen molar-refractivity contribution in [2.24, 2.45) is 0 Å². The zero-order valence-electron chi connectivity index (χ0n) is 12.8. The van der Waals surface area contributed by atoms with E-state index in [1.54, 1.807) is 0 Å². The van der Waals surface area contributed by atoms with E-state index in [4.69, 9.17) is 4.52 Å². The topological polar surface area (TPSA) is 71.3 Å². The van der Waals surface area contributed by atoms with Crippen molar-refractivity contribution in [2.45, 2.75) is 25.9 Å². The van der Waals surface area contributed by atoms with E-state index in [1.165, 1.54) is 6.07 Å². The van der Waals surface area contributed by atoms with Crippen molar-refractivity contribution in [1.29, 1.82) is 0 Å². The van der Waals surface area contributed by atoms with E-state index in [-0.39, 0.29) is 17.4 Å². The molecule has 0 radical (unpaired) electrons. The van der Waals surface area contributed by atoms with Gasteiger partial charge in [-0.1, -0.05) is 5.16 Å². The summed E-state index contributed by atoms with van der Waals surface area (Å²) in [6.45, 7) is 5.10. The van der Waals surface area contributed by atoms with E-state index >= 15 is 0 Å². The minimum absolute atomic E-state index is 0.0169. The van der Waals surface area contributed by atoms with Crippen LogP contribution in [-0.4, -0.2) is 39.6 Å². The molecule has 0 atom stereocenters. The second-order valence-corrected chi connectivity index (χ2v) is 5.88. The number of aromatic nitrogens is 2. The number of benzene rings is 1. The van der Waals surface area contributed by atoms with Crippen molar-refractivity contribution in [3.8, 4) is 11.5 Å². The van der Waals surface area contributed by atoms with E-state index < -0.39 is 17.2 Å². The fourth-order valence-electron chi connectivity index (χ4n) is 2.48. The molecule has 23 heavy (non-hydrogen) atoms. The smallest absolute Gasteiger partial charge is 0.260 e. The van der Waals surface area contributed by atoms with Crippen LogP contribution in [0, 0.1) is 11.6 Å². The first-order valence-electron chi connectivity index (χ1n) is 7.19. The molecule has 0 spiro atoms. The van der Waals surface area contributed by atoms with Gasteiger partial charge in [-0.25, -0.2) is 8.78 Å². The highest BCUT2D eigenvalue weighted by molar-refractivity contribution is 5.86. The lowest BCUT2D eigenvalue weighted by Crippen LogP contribution is -2.61. The van der Waals surface area contributed by atoms with Gasteiger partial charge < -0.3 is 9.84 Å². The summed E-state index contributed by atoms with van der Waals surface area (Å²) in [6, 6.07) is 3.14. The van der Waals surface area contributed by atoms with Gasteiger partial charge in [0.15, 0.2) is 5.82 Å². The zero-order valence-corrected chi connectivity index (χ0v) is 12.8. The Morgan fingerprint density at radius 2 is 2.17 bits per heavy atom. The number of hydrogen-bond acceptors (Lipinski definition) is 5. The normalized spacial score (nSPS) is 18.0. The number of carbonyl (C=O) groups is 1. The van der Waals surface area contributed by atoms with Crippen LogP contribution in [0.25, 0.3) is 11.5 Å². The molecule has 1 fully saturated rings. The lowest BCUT2D eigenvalue weighted by atomic mass is 9.99. The molecule has 1 aliphatic heterocycles. The quantitative estimate of drug-likeness (QED) is 0.932. The molecule has 0 saturated carbocycles. The standard InChI is InChI=1S/C15H16F2N4O2/c1-15(2)14(22)18-5-6-21(15)8-12-19-13(23-20-12)10-4-3-9(16)7-11(10)17/h3-4,7H,5-6,8H2,1-2H3,(H,18,22).